The molecule has 5 nitrogen and oxygen atoms in total. The average molecular weight is 709 g/mol. The van der Waals surface area contributed by atoms with E-state index in [4.69, 9.17) is 14.6 Å². The van der Waals surface area contributed by atoms with E-state index in [2.05, 4.69) is 81.6 Å². The van der Waals surface area contributed by atoms with Crippen molar-refractivity contribution in [2.24, 2.45) is 17.8 Å². The molecule has 3 aromatic carbocycles. The molecule has 0 saturated heterocycles. The molecule has 1 unspecified atom stereocenters. The van der Waals surface area contributed by atoms with Crippen molar-refractivity contribution in [3.8, 4) is 11.1 Å². The maximum Gasteiger partial charge on any atom is 0.335 e. The van der Waals surface area contributed by atoms with Gasteiger partial charge in [0, 0.05) is 5.57 Å². The van der Waals surface area contributed by atoms with E-state index in [0.29, 0.717) is 25.0 Å². The summed E-state index contributed by atoms with van der Waals surface area (Å²) in [6.45, 7) is 13.5. The van der Waals surface area contributed by atoms with Crippen LogP contribution < -0.4 is 0 Å². The summed E-state index contributed by atoms with van der Waals surface area (Å²) in [6.07, 6.45) is 19.1. The Bertz CT molecular complexity index is 1610. The smallest absolute Gasteiger partial charge is 0.335 e. The van der Waals surface area contributed by atoms with Gasteiger partial charge in [0.05, 0.1) is 25.4 Å². The zero-order chi connectivity index (χ0) is 37.3. The number of hydrogen-bond donors (Lipinski definition) is 1. The van der Waals surface area contributed by atoms with Gasteiger partial charge < -0.3 is 14.6 Å². The van der Waals surface area contributed by atoms with Crippen molar-refractivity contribution < 1.29 is 24.2 Å². The molecule has 0 aromatic heterocycles. The lowest BCUT2D eigenvalue weighted by Crippen LogP contribution is -2.15. The third kappa shape index (κ3) is 13.1. The molecular formula is C47H64O5. The number of aliphatic hydroxyl groups excluding tert-OH is 1. The number of carbonyl (C=O) groups is 2. The van der Waals surface area contributed by atoms with E-state index >= 15 is 0 Å². The monoisotopic (exact) mass is 708 g/mol. The summed E-state index contributed by atoms with van der Waals surface area (Å²) >= 11 is 0. The van der Waals surface area contributed by atoms with Crippen molar-refractivity contribution in [2.75, 3.05) is 19.8 Å². The lowest BCUT2D eigenvalue weighted by Gasteiger charge is -2.28. The number of rotatable bonds is 22. The van der Waals surface area contributed by atoms with E-state index in [1.54, 1.807) is 6.92 Å². The molecule has 1 aliphatic carbocycles. The number of esters is 2. The van der Waals surface area contributed by atoms with Crippen molar-refractivity contribution in [1.82, 2.24) is 0 Å². The predicted molar refractivity (Wildman–Crippen MR) is 215 cm³/mol. The Labute approximate surface area is 313 Å². The fourth-order valence-corrected chi connectivity index (χ4v) is 7.81. The largest absolute Gasteiger partial charge is 0.462 e. The second kappa shape index (κ2) is 21.7. The number of carbonyl (C=O) groups excluding carboxylic acids is 2. The van der Waals surface area contributed by atoms with E-state index in [0.717, 1.165) is 37.5 Å². The molecule has 1 fully saturated rings. The van der Waals surface area contributed by atoms with Crippen LogP contribution in [0.3, 0.4) is 0 Å². The van der Waals surface area contributed by atoms with Crippen molar-refractivity contribution in [1.29, 1.82) is 0 Å². The highest BCUT2D eigenvalue weighted by molar-refractivity contribution is 5.88. The second-order valence-corrected chi connectivity index (χ2v) is 15.3. The predicted octanol–water partition coefficient (Wildman–Crippen LogP) is 11.3. The lowest BCUT2D eigenvalue weighted by atomic mass is 9.77. The number of aryl methyl sites for hydroxylation is 3. The molecule has 282 valence electrons. The summed E-state index contributed by atoms with van der Waals surface area (Å²) in [5, 5.41) is 11.6. The van der Waals surface area contributed by atoms with E-state index in [9.17, 15) is 9.59 Å². The fourth-order valence-electron chi connectivity index (χ4n) is 7.81. The highest BCUT2D eigenvalue weighted by atomic mass is 16.5. The van der Waals surface area contributed by atoms with Crippen LogP contribution in [0.4, 0.5) is 0 Å². The first-order valence-corrected chi connectivity index (χ1v) is 20.1. The van der Waals surface area contributed by atoms with Crippen LogP contribution in [0.25, 0.3) is 21.9 Å². The first kappa shape index (κ1) is 41.1. The summed E-state index contributed by atoms with van der Waals surface area (Å²) in [5.41, 5.74) is 7.30. The van der Waals surface area contributed by atoms with Crippen LogP contribution in [-0.2, 0) is 38.3 Å². The zero-order valence-electron chi connectivity index (χ0n) is 32.4. The summed E-state index contributed by atoms with van der Waals surface area (Å²) in [5.74, 6) is 1.13. The number of unbranched alkanes of at least 4 members (excludes halogenated alkanes) is 2. The minimum absolute atomic E-state index is 0.0462. The molecule has 0 radical (unpaired) electrons. The molecule has 1 N–H and O–H groups in total. The summed E-state index contributed by atoms with van der Waals surface area (Å²) in [7, 11) is 0. The molecule has 0 aliphatic heterocycles. The summed E-state index contributed by atoms with van der Waals surface area (Å²) in [4.78, 5) is 23.8. The molecule has 0 spiro atoms. The number of aliphatic hydroxyl groups is 1. The van der Waals surface area contributed by atoms with Gasteiger partial charge in [-0.1, -0.05) is 127 Å². The molecule has 1 atom stereocenters. The fraction of sp³-hybridized carbons (Fsp3) is 0.532. The maximum atomic E-state index is 11.9. The molecule has 52 heavy (non-hydrogen) atoms. The summed E-state index contributed by atoms with van der Waals surface area (Å²) < 4.78 is 10.6. The van der Waals surface area contributed by atoms with Gasteiger partial charge in [-0.3, -0.25) is 0 Å². The Balaban J connectivity index is 1.30. The maximum absolute atomic E-state index is 11.9. The van der Waals surface area contributed by atoms with E-state index in [1.807, 2.05) is 0 Å². The number of ether oxygens (including phenoxy) is 2. The molecule has 3 aromatic rings. The first-order chi connectivity index (χ1) is 25.2. The summed E-state index contributed by atoms with van der Waals surface area (Å²) in [6, 6.07) is 20.7. The van der Waals surface area contributed by atoms with Crippen LogP contribution >= 0.6 is 0 Å². The van der Waals surface area contributed by atoms with Crippen molar-refractivity contribution >= 4 is 22.7 Å². The van der Waals surface area contributed by atoms with Gasteiger partial charge in [-0.15, -0.1) is 0 Å². The minimum Gasteiger partial charge on any atom is -0.462 e. The quantitative estimate of drug-likeness (QED) is 0.0639. The van der Waals surface area contributed by atoms with Gasteiger partial charge in [-0.05, 0) is 121 Å². The van der Waals surface area contributed by atoms with Crippen LogP contribution in [0.15, 0.2) is 78.9 Å². The molecule has 0 heterocycles. The molecular weight excluding hydrogens is 645 g/mol. The van der Waals surface area contributed by atoms with Crippen molar-refractivity contribution in [3.63, 3.8) is 0 Å². The highest BCUT2D eigenvalue weighted by Gasteiger charge is 2.21. The van der Waals surface area contributed by atoms with Gasteiger partial charge in [-0.25, -0.2) is 9.59 Å². The molecule has 5 heteroatoms. The van der Waals surface area contributed by atoms with Gasteiger partial charge in [0.2, 0.25) is 0 Å². The van der Waals surface area contributed by atoms with Gasteiger partial charge in [0.15, 0.2) is 0 Å². The second-order valence-electron chi connectivity index (χ2n) is 15.3. The normalized spacial score (nSPS) is 16.4. The van der Waals surface area contributed by atoms with Crippen LogP contribution in [0.5, 0.6) is 0 Å². The minimum atomic E-state index is -0.576. The Morgan fingerprint density at radius 3 is 2.04 bits per heavy atom. The average Bonchev–Trinajstić information content (AvgIpc) is 3.16. The molecule has 1 aliphatic rings. The third-order valence-corrected chi connectivity index (χ3v) is 11.3. The van der Waals surface area contributed by atoms with Gasteiger partial charge in [0.25, 0.3) is 0 Å². The number of benzene rings is 3. The lowest BCUT2D eigenvalue weighted by molar-refractivity contribution is -0.139. The molecule has 0 amide bonds. The topological polar surface area (TPSA) is 72.8 Å². The highest BCUT2D eigenvalue weighted by Crippen LogP contribution is 2.35. The SMILES string of the molecule is C=C(C)C(=O)OCCC(CCCc1ccc2cc(-c3ccc(CCC4CCC(CCCCC)CC4)c(CC)c3)ccc2c1)CCOC(=O)C(=C)CO. The van der Waals surface area contributed by atoms with Gasteiger partial charge in [-0.2, -0.15) is 0 Å². The number of hydrogen-bond acceptors (Lipinski definition) is 5. The Morgan fingerprint density at radius 2 is 1.37 bits per heavy atom. The van der Waals surface area contributed by atoms with Crippen LogP contribution in [0.2, 0.25) is 0 Å². The molecule has 4 rings (SSSR count). The van der Waals surface area contributed by atoms with Gasteiger partial charge >= 0.3 is 11.9 Å². The van der Waals surface area contributed by atoms with E-state index in [1.165, 1.54) is 103 Å². The van der Waals surface area contributed by atoms with Crippen LogP contribution in [0.1, 0.15) is 121 Å². The third-order valence-electron chi connectivity index (χ3n) is 11.3. The molecule has 1 saturated carbocycles. The Hall–Kier alpha value is -3.70. The first-order valence-electron chi connectivity index (χ1n) is 20.1. The van der Waals surface area contributed by atoms with Gasteiger partial charge in [0.1, 0.15) is 0 Å². The van der Waals surface area contributed by atoms with Crippen molar-refractivity contribution in [2.45, 2.75) is 124 Å². The Kier molecular flexibility index (Phi) is 17.2. The Morgan fingerprint density at radius 1 is 0.731 bits per heavy atom. The van der Waals surface area contributed by atoms with Crippen molar-refractivity contribution in [3.05, 3.63) is 95.6 Å². The van der Waals surface area contributed by atoms with Crippen LogP contribution in [-0.4, -0.2) is 36.9 Å². The number of fused-ring (bicyclic) bond motifs is 1. The molecule has 0 bridgehead atoms. The zero-order valence-corrected chi connectivity index (χ0v) is 32.4. The van der Waals surface area contributed by atoms with E-state index < -0.39 is 12.6 Å². The van der Waals surface area contributed by atoms with E-state index in [-0.39, 0.29) is 24.1 Å². The standard InChI is InChI=1S/C47H64O5/c1-6-8-9-11-36-14-16-38(17-15-36)18-20-41-22-23-44(31-40(41)7-2)45-25-24-42-30-39(19-21-43(42)32-45)13-10-12-37(26-28-51-46(49)34(3)4)27-29-52-47(50)35(5)33-48/h19,21-25,30-32,36-38,48H,3,5-18,20,26-29,33H2,1-2,4H3. The van der Waals surface area contributed by atoms with Crippen LogP contribution in [0, 0.1) is 17.8 Å².